The van der Waals surface area contributed by atoms with E-state index in [0.717, 1.165) is 17.9 Å². The predicted molar refractivity (Wildman–Crippen MR) is 72.0 cm³/mol. The van der Waals surface area contributed by atoms with E-state index in [9.17, 15) is 0 Å². The third-order valence-electron chi connectivity index (χ3n) is 2.68. The molecule has 2 heterocycles. The number of ether oxygens (including phenoxy) is 1. The van der Waals surface area contributed by atoms with E-state index in [1.165, 1.54) is 0 Å². The lowest BCUT2D eigenvalue weighted by Crippen LogP contribution is -2.24. The monoisotopic (exact) mass is 262 g/mol. The van der Waals surface area contributed by atoms with Crippen LogP contribution < -0.4 is 4.90 Å². The molecule has 0 saturated carbocycles. The summed E-state index contributed by atoms with van der Waals surface area (Å²) in [5.41, 5.74) is 0.835. The normalized spacial score (nSPS) is 10.7. The van der Waals surface area contributed by atoms with Crippen molar-refractivity contribution in [3.8, 4) is 11.5 Å². The first-order valence-corrected chi connectivity index (χ1v) is 6.27. The van der Waals surface area contributed by atoms with Crippen LogP contribution in [-0.4, -0.2) is 41.9 Å². The first-order valence-electron chi connectivity index (χ1n) is 6.27. The van der Waals surface area contributed by atoms with Crippen molar-refractivity contribution in [2.24, 2.45) is 0 Å². The smallest absolute Gasteiger partial charge is 0.261 e. The van der Waals surface area contributed by atoms with E-state index < -0.39 is 0 Å². The van der Waals surface area contributed by atoms with Crippen molar-refractivity contribution in [1.82, 2.24) is 15.1 Å². The van der Waals surface area contributed by atoms with Crippen LogP contribution in [0.2, 0.25) is 0 Å². The molecule has 0 unspecified atom stereocenters. The Kier molecular flexibility index (Phi) is 4.46. The lowest BCUT2D eigenvalue weighted by molar-refractivity contribution is 0.154. The molecule has 0 radical (unpaired) electrons. The number of aromatic nitrogens is 3. The second-order valence-electron chi connectivity index (χ2n) is 4.14. The Morgan fingerprint density at radius 3 is 2.95 bits per heavy atom. The van der Waals surface area contributed by atoms with Crippen molar-refractivity contribution >= 4 is 5.82 Å². The lowest BCUT2D eigenvalue weighted by Gasteiger charge is -2.19. The van der Waals surface area contributed by atoms with Gasteiger partial charge >= 0.3 is 0 Å². The summed E-state index contributed by atoms with van der Waals surface area (Å²) < 4.78 is 10.6. The fourth-order valence-electron chi connectivity index (χ4n) is 1.73. The maximum absolute atomic E-state index is 5.35. The van der Waals surface area contributed by atoms with Crippen LogP contribution in [0.1, 0.15) is 12.7 Å². The Morgan fingerprint density at radius 2 is 2.26 bits per heavy atom. The van der Waals surface area contributed by atoms with Crippen molar-refractivity contribution in [2.75, 3.05) is 31.7 Å². The van der Waals surface area contributed by atoms with Crippen LogP contribution in [0.5, 0.6) is 0 Å². The van der Waals surface area contributed by atoms with E-state index in [1.807, 2.05) is 31.0 Å². The van der Waals surface area contributed by atoms with Gasteiger partial charge in [-0.05, 0) is 26.0 Å². The average Bonchev–Trinajstić information content (AvgIpc) is 2.85. The molecule has 0 N–H and O–H groups in total. The highest BCUT2D eigenvalue weighted by atomic mass is 16.5. The summed E-state index contributed by atoms with van der Waals surface area (Å²) in [5, 5.41) is 3.81. The Morgan fingerprint density at radius 1 is 1.42 bits per heavy atom. The second-order valence-corrected chi connectivity index (χ2v) is 4.14. The van der Waals surface area contributed by atoms with Gasteiger partial charge < -0.3 is 14.2 Å². The zero-order valence-corrected chi connectivity index (χ0v) is 11.5. The van der Waals surface area contributed by atoms with Gasteiger partial charge in [-0.3, -0.25) is 0 Å². The van der Waals surface area contributed by atoms with Gasteiger partial charge in [0.15, 0.2) is 5.82 Å². The number of aryl methyl sites for hydroxylation is 1. The molecule has 102 valence electrons. The van der Waals surface area contributed by atoms with Crippen LogP contribution in [0.4, 0.5) is 5.82 Å². The lowest BCUT2D eigenvalue weighted by atomic mass is 10.2. The molecular weight excluding hydrogens is 244 g/mol. The van der Waals surface area contributed by atoms with Gasteiger partial charge in [-0.15, -0.1) is 0 Å². The van der Waals surface area contributed by atoms with Crippen molar-refractivity contribution < 1.29 is 9.26 Å². The number of likely N-dealkylation sites (N-methyl/N-ethyl adjacent to an activating group) is 1. The molecule has 0 saturated heterocycles. The largest absolute Gasteiger partial charge is 0.380 e. The number of nitrogens with zero attached hydrogens (tertiary/aromatic N) is 4. The van der Waals surface area contributed by atoms with Gasteiger partial charge in [0.2, 0.25) is 0 Å². The molecule has 0 bridgehead atoms. The maximum Gasteiger partial charge on any atom is 0.261 e. The molecule has 0 amide bonds. The van der Waals surface area contributed by atoms with Crippen LogP contribution in [0.15, 0.2) is 22.9 Å². The molecule has 0 aliphatic carbocycles. The van der Waals surface area contributed by atoms with Crippen molar-refractivity contribution in [2.45, 2.75) is 13.8 Å². The molecule has 2 aromatic rings. The van der Waals surface area contributed by atoms with E-state index in [-0.39, 0.29) is 0 Å². The van der Waals surface area contributed by atoms with Crippen molar-refractivity contribution in [1.29, 1.82) is 0 Å². The molecule has 0 aliphatic heterocycles. The van der Waals surface area contributed by atoms with Gasteiger partial charge in [-0.25, -0.2) is 4.98 Å². The summed E-state index contributed by atoms with van der Waals surface area (Å²) in [6.45, 7) is 5.90. The first-order chi connectivity index (χ1) is 9.22. The van der Waals surface area contributed by atoms with Gasteiger partial charge in [0, 0.05) is 26.4 Å². The summed E-state index contributed by atoms with van der Waals surface area (Å²) in [6, 6.07) is 3.78. The summed E-state index contributed by atoms with van der Waals surface area (Å²) >= 11 is 0. The SMILES string of the molecule is CCOCCN(C)c1ncccc1-c1nc(C)no1. The van der Waals surface area contributed by atoms with Crippen LogP contribution in [-0.2, 0) is 4.74 Å². The molecule has 2 aromatic heterocycles. The van der Waals surface area contributed by atoms with Gasteiger partial charge in [-0.1, -0.05) is 5.16 Å². The Hall–Kier alpha value is -1.95. The van der Waals surface area contributed by atoms with Gasteiger partial charge in [0.05, 0.1) is 12.2 Å². The summed E-state index contributed by atoms with van der Waals surface area (Å²) in [6.07, 6.45) is 1.75. The fraction of sp³-hybridized carbons (Fsp3) is 0.462. The van der Waals surface area contributed by atoms with Gasteiger partial charge in [0.25, 0.3) is 5.89 Å². The first kappa shape index (κ1) is 13.5. The topological polar surface area (TPSA) is 64.3 Å². The quantitative estimate of drug-likeness (QED) is 0.741. The minimum absolute atomic E-state index is 0.490. The molecule has 19 heavy (non-hydrogen) atoms. The molecule has 0 fully saturated rings. The molecule has 6 nitrogen and oxygen atoms in total. The number of pyridine rings is 1. The second kappa shape index (κ2) is 6.29. The van der Waals surface area contributed by atoms with Crippen LogP contribution >= 0.6 is 0 Å². The minimum atomic E-state index is 0.490. The van der Waals surface area contributed by atoms with E-state index in [1.54, 1.807) is 13.1 Å². The average molecular weight is 262 g/mol. The summed E-state index contributed by atoms with van der Waals surface area (Å²) in [4.78, 5) is 10.6. The molecule has 0 aliphatic rings. The molecular formula is C13H18N4O2. The maximum atomic E-state index is 5.35. The molecule has 0 spiro atoms. The summed E-state index contributed by atoms with van der Waals surface area (Å²) in [5.74, 6) is 1.91. The summed E-state index contributed by atoms with van der Waals surface area (Å²) in [7, 11) is 1.97. The Labute approximate surface area is 112 Å². The van der Waals surface area contributed by atoms with E-state index >= 15 is 0 Å². The molecule has 0 aromatic carbocycles. The van der Waals surface area contributed by atoms with Crippen LogP contribution in [0.3, 0.4) is 0 Å². The molecule has 0 atom stereocenters. The van der Waals surface area contributed by atoms with Crippen LogP contribution in [0, 0.1) is 6.92 Å². The Bertz CT molecular complexity index is 527. The molecule has 6 heteroatoms. The number of hydrogen-bond acceptors (Lipinski definition) is 6. The van der Waals surface area contributed by atoms with E-state index in [4.69, 9.17) is 9.26 Å². The number of rotatable bonds is 6. The number of anilines is 1. The fourth-order valence-corrected chi connectivity index (χ4v) is 1.73. The van der Waals surface area contributed by atoms with Gasteiger partial charge in [-0.2, -0.15) is 4.98 Å². The van der Waals surface area contributed by atoms with E-state index in [2.05, 4.69) is 15.1 Å². The van der Waals surface area contributed by atoms with E-state index in [0.29, 0.717) is 24.9 Å². The molecule has 2 rings (SSSR count). The predicted octanol–water partition coefficient (Wildman–Crippen LogP) is 1.91. The standard InChI is InChI=1S/C13H18N4O2/c1-4-18-9-8-17(3)12-11(6-5-7-14-12)13-15-10(2)16-19-13/h5-7H,4,8-9H2,1-3H3. The third-order valence-corrected chi connectivity index (χ3v) is 2.68. The van der Waals surface area contributed by atoms with Crippen molar-refractivity contribution in [3.63, 3.8) is 0 Å². The van der Waals surface area contributed by atoms with Crippen molar-refractivity contribution in [3.05, 3.63) is 24.2 Å². The van der Waals surface area contributed by atoms with Crippen LogP contribution in [0.25, 0.3) is 11.5 Å². The highest BCUT2D eigenvalue weighted by Crippen LogP contribution is 2.26. The highest BCUT2D eigenvalue weighted by molar-refractivity contribution is 5.69. The van der Waals surface area contributed by atoms with Gasteiger partial charge in [0.1, 0.15) is 5.82 Å². The Balaban J connectivity index is 2.21. The zero-order valence-electron chi connectivity index (χ0n) is 11.5. The highest BCUT2D eigenvalue weighted by Gasteiger charge is 2.15. The minimum Gasteiger partial charge on any atom is -0.380 e. The third kappa shape index (κ3) is 3.29. The number of hydrogen-bond donors (Lipinski definition) is 0. The zero-order chi connectivity index (χ0) is 13.7.